The minimum Gasteiger partial charge on any atom is -0.381 e. The lowest BCUT2D eigenvalue weighted by Gasteiger charge is -2.34. The summed E-state index contributed by atoms with van der Waals surface area (Å²) in [5.74, 6) is 0.709. The second-order valence-corrected chi connectivity index (χ2v) is 5.94. The number of aryl methyl sites for hydroxylation is 1. The lowest BCUT2D eigenvalue weighted by molar-refractivity contribution is -0.132. The Morgan fingerprint density at radius 3 is 2.82 bits per heavy atom. The molecular weight excluding hydrogens is 280 g/mol. The Morgan fingerprint density at radius 1 is 1.41 bits per heavy atom. The molecule has 6 heteroatoms. The largest absolute Gasteiger partial charge is 0.381 e. The first kappa shape index (κ1) is 15.0. The van der Waals surface area contributed by atoms with E-state index in [1.54, 1.807) is 0 Å². The molecule has 118 valence electrons. The second-order valence-electron chi connectivity index (χ2n) is 5.94. The topological polar surface area (TPSA) is 82.2 Å². The molecule has 1 aliphatic rings. The molecule has 1 aromatic carbocycles. The smallest absolute Gasteiger partial charge is 0.225 e. The molecule has 1 aromatic heterocycles. The Hall–Kier alpha value is -1.92. The number of amides is 1. The lowest BCUT2D eigenvalue weighted by atomic mass is 9.79. The summed E-state index contributed by atoms with van der Waals surface area (Å²) in [6, 6.07) is 8.04. The number of imidazole rings is 1. The number of fused-ring (bicyclic) bond motifs is 1. The van der Waals surface area contributed by atoms with E-state index >= 15 is 0 Å². The Bertz CT molecular complexity index is 674. The van der Waals surface area contributed by atoms with Crippen LogP contribution in [0.2, 0.25) is 0 Å². The van der Waals surface area contributed by atoms with E-state index in [1.165, 1.54) is 0 Å². The van der Waals surface area contributed by atoms with E-state index in [9.17, 15) is 4.79 Å². The number of carbonyl (C=O) groups is 1. The number of carbonyl (C=O) groups excluding carboxylic acids is 1. The minimum atomic E-state index is -0.497. The predicted octanol–water partition coefficient (Wildman–Crippen LogP) is 0.945. The molecule has 2 heterocycles. The maximum atomic E-state index is 11.8. The van der Waals surface area contributed by atoms with Crippen molar-refractivity contribution in [3.63, 3.8) is 0 Å². The summed E-state index contributed by atoms with van der Waals surface area (Å²) < 4.78 is 7.42. The van der Waals surface area contributed by atoms with Gasteiger partial charge in [-0.1, -0.05) is 12.1 Å². The van der Waals surface area contributed by atoms with Crippen LogP contribution in [0.4, 0.5) is 0 Å². The van der Waals surface area contributed by atoms with E-state index in [4.69, 9.17) is 10.5 Å². The van der Waals surface area contributed by atoms with Crippen LogP contribution in [-0.4, -0.2) is 35.2 Å². The third-order valence-electron chi connectivity index (χ3n) is 4.60. The normalized spacial score (nSPS) is 17.7. The average molecular weight is 302 g/mol. The first-order valence-corrected chi connectivity index (χ1v) is 7.61. The van der Waals surface area contributed by atoms with Gasteiger partial charge in [0.15, 0.2) is 0 Å². The number of para-hydroxylation sites is 2. The molecule has 1 saturated heterocycles. The number of hydrogen-bond acceptors (Lipinski definition) is 4. The summed E-state index contributed by atoms with van der Waals surface area (Å²) in [5, 5.41) is 3.36. The molecule has 1 aliphatic heterocycles. The highest BCUT2D eigenvalue weighted by atomic mass is 16.5. The highest BCUT2D eigenvalue weighted by molar-refractivity contribution is 5.81. The van der Waals surface area contributed by atoms with Gasteiger partial charge < -0.3 is 20.4 Å². The molecule has 3 rings (SSSR count). The first-order valence-electron chi connectivity index (χ1n) is 7.61. The van der Waals surface area contributed by atoms with Crippen LogP contribution < -0.4 is 11.1 Å². The van der Waals surface area contributed by atoms with Gasteiger partial charge in [0.1, 0.15) is 5.82 Å². The number of hydrogen-bond donors (Lipinski definition) is 2. The summed E-state index contributed by atoms with van der Waals surface area (Å²) in [7, 11) is 2.00. The zero-order valence-electron chi connectivity index (χ0n) is 12.8. The van der Waals surface area contributed by atoms with Crippen LogP contribution in [0.3, 0.4) is 0 Å². The van der Waals surface area contributed by atoms with Crippen molar-refractivity contribution in [1.82, 2.24) is 14.9 Å². The molecule has 0 atom stereocenters. The van der Waals surface area contributed by atoms with Crippen LogP contribution in [-0.2, 0) is 23.1 Å². The van der Waals surface area contributed by atoms with Gasteiger partial charge >= 0.3 is 0 Å². The van der Waals surface area contributed by atoms with Gasteiger partial charge in [-0.3, -0.25) is 4.79 Å². The quantitative estimate of drug-likeness (QED) is 0.861. The molecule has 0 spiro atoms. The molecule has 0 aliphatic carbocycles. The Morgan fingerprint density at radius 2 is 2.14 bits per heavy atom. The number of benzene rings is 1. The molecule has 2 aromatic rings. The highest BCUT2D eigenvalue weighted by Crippen LogP contribution is 2.29. The fourth-order valence-electron chi connectivity index (χ4n) is 3.04. The first-order chi connectivity index (χ1) is 10.6. The van der Waals surface area contributed by atoms with Crippen molar-refractivity contribution >= 4 is 16.9 Å². The Kier molecular flexibility index (Phi) is 4.13. The van der Waals surface area contributed by atoms with Gasteiger partial charge in [-0.05, 0) is 25.0 Å². The third kappa shape index (κ3) is 2.71. The van der Waals surface area contributed by atoms with Gasteiger partial charge in [-0.2, -0.15) is 0 Å². The van der Waals surface area contributed by atoms with Crippen LogP contribution in [0, 0.1) is 5.41 Å². The second kappa shape index (κ2) is 6.06. The summed E-state index contributed by atoms with van der Waals surface area (Å²) in [6.45, 7) is 2.36. The third-order valence-corrected chi connectivity index (χ3v) is 4.60. The molecule has 0 bridgehead atoms. The van der Waals surface area contributed by atoms with Gasteiger partial charge in [-0.15, -0.1) is 0 Å². The van der Waals surface area contributed by atoms with Gasteiger partial charge in [0.25, 0.3) is 0 Å². The average Bonchev–Trinajstić information content (AvgIpc) is 2.85. The van der Waals surface area contributed by atoms with Crippen molar-refractivity contribution in [1.29, 1.82) is 0 Å². The van der Waals surface area contributed by atoms with Crippen LogP contribution in [0.1, 0.15) is 18.7 Å². The fourth-order valence-corrected chi connectivity index (χ4v) is 3.04. The Labute approximate surface area is 129 Å². The summed E-state index contributed by atoms with van der Waals surface area (Å²) in [6.07, 6.45) is 1.36. The summed E-state index contributed by atoms with van der Waals surface area (Å²) >= 11 is 0. The summed E-state index contributed by atoms with van der Waals surface area (Å²) in [4.78, 5) is 16.5. The molecule has 1 fully saturated rings. The number of rotatable bonds is 5. The molecule has 0 radical (unpaired) electrons. The maximum Gasteiger partial charge on any atom is 0.225 e. The molecule has 1 amide bonds. The van der Waals surface area contributed by atoms with Gasteiger partial charge in [0.2, 0.25) is 5.91 Å². The van der Waals surface area contributed by atoms with E-state index < -0.39 is 5.41 Å². The van der Waals surface area contributed by atoms with E-state index in [-0.39, 0.29) is 5.91 Å². The van der Waals surface area contributed by atoms with Crippen molar-refractivity contribution in [2.45, 2.75) is 19.4 Å². The zero-order chi connectivity index (χ0) is 15.6. The number of nitrogens with zero attached hydrogens (tertiary/aromatic N) is 2. The monoisotopic (exact) mass is 302 g/mol. The van der Waals surface area contributed by atoms with Crippen molar-refractivity contribution in [2.75, 3.05) is 19.8 Å². The minimum absolute atomic E-state index is 0.242. The van der Waals surface area contributed by atoms with Crippen LogP contribution >= 0.6 is 0 Å². The standard InChI is InChI=1S/C16H22N4O2/c1-20-13-5-3-2-4-12(13)19-14(20)10-18-11-16(15(17)21)6-8-22-9-7-16/h2-5,18H,6-11H2,1H3,(H2,17,21). The number of aromatic nitrogens is 2. The van der Waals surface area contributed by atoms with Gasteiger partial charge in [-0.25, -0.2) is 4.98 Å². The SMILES string of the molecule is Cn1c(CNCC2(C(N)=O)CCOCC2)nc2ccccc21. The van der Waals surface area contributed by atoms with E-state index in [0.717, 1.165) is 16.9 Å². The zero-order valence-corrected chi connectivity index (χ0v) is 12.8. The maximum absolute atomic E-state index is 11.8. The summed E-state index contributed by atoms with van der Waals surface area (Å²) in [5.41, 5.74) is 7.21. The van der Waals surface area contributed by atoms with Crippen molar-refractivity contribution in [3.05, 3.63) is 30.1 Å². The Balaban J connectivity index is 1.68. The number of ether oxygens (including phenoxy) is 1. The number of nitrogens with two attached hydrogens (primary N) is 1. The number of primary amides is 1. The van der Waals surface area contributed by atoms with E-state index in [0.29, 0.717) is 39.1 Å². The van der Waals surface area contributed by atoms with Crippen molar-refractivity contribution in [2.24, 2.45) is 18.2 Å². The van der Waals surface area contributed by atoms with Crippen LogP contribution in [0.5, 0.6) is 0 Å². The molecule has 22 heavy (non-hydrogen) atoms. The fraction of sp³-hybridized carbons (Fsp3) is 0.500. The van der Waals surface area contributed by atoms with Crippen molar-refractivity contribution < 1.29 is 9.53 Å². The van der Waals surface area contributed by atoms with Crippen molar-refractivity contribution in [3.8, 4) is 0 Å². The molecule has 0 unspecified atom stereocenters. The molecular formula is C16H22N4O2. The van der Waals surface area contributed by atoms with Crippen LogP contribution in [0.25, 0.3) is 11.0 Å². The number of nitrogens with one attached hydrogen (secondary N) is 1. The van der Waals surface area contributed by atoms with Gasteiger partial charge in [0, 0.05) is 26.8 Å². The van der Waals surface area contributed by atoms with Crippen LogP contribution in [0.15, 0.2) is 24.3 Å². The van der Waals surface area contributed by atoms with E-state index in [1.807, 2.05) is 25.2 Å². The highest BCUT2D eigenvalue weighted by Gasteiger charge is 2.38. The predicted molar refractivity (Wildman–Crippen MR) is 84.1 cm³/mol. The molecule has 0 saturated carbocycles. The molecule has 3 N–H and O–H groups in total. The van der Waals surface area contributed by atoms with Gasteiger partial charge in [0.05, 0.1) is 23.0 Å². The lowest BCUT2D eigenvalue weighted by Crippen LogP contribution is -2.48. The molecule has 6 nitrogen and oxygen atoms in total. The van der Waals surface area contributed by atoms with E-state index in [2.05, 4.69) is 20.9 Å².